The third-order valence-corrected chi connectivity index (χ3v) is 3.82. The molecule has 2 atom stereocenters. The van der Waals surface area contributed by atoms with Crippen molar-refractivity contribution in [2.75, 3.05) is 13.2 Å². The number of ether oxygens (including phenoxy) is 1. The Kier molecular flexibility index (Phi) is 4.88. The first-order chi connectivity index (χ1) is 9.17. The molecule has 1 aliphatic rings. The highest BCUT2D eigenvalue weighted by Gasteiger charge is 2.38. The molecule has 4 heteroatoms. The van der Waals surface area contributed by atoms with Gasteiger partial charge >= 0.3 is 0 Å². The first-order valence-corrected chi connectivity index (χ1v) is 7.14. The van der Waals surface area contributed by atoms with E-state index in [0.29, 0.717) is 5.56 Å². The summed E-state index contributed by atoms with van der Waals surface area (Å²) >= 11 is 0. The molecule has 0 bridgehead atoms. The minimum Gasteiger partial charge on any atom is -0.373 e. The number of hydrogen-bond donors (Lipinski definition) is 1. The molecule has 2 rings (SSSR count). The summed E-state index contributed by atoms with van der Waals surface area (Å²) in [6.45, 7) is 5.80. The molecule has 0 spiro atoms. The van der Waals surface area contributed by atoms with Crippen LogP contribution in [0.4, 0.5) is 4.39 Å². The second-order valence-corrected chi connectivity index (χ2v) is 5.40. The molecular formula is C15H23FN2O. The third-order valence-electron chi connectivity index (χ3n) is 3.82. The van der Waals surface area contributed by atoms with Crippen LogP contribution in [0.15, 0.2) is 18.5 Å². The predicted molar refractivity (Wildman–Crippen MR) is 73.4 cm³/mol. The maximum atomic E-state index is 14.0. The van der Waals surface area contributed by atoms with Gasteiger partial charge in [0.05, 0.1) is 17.8 Å². The third kappa shape index (κ3) is 3.31. The summed E-state index contributed by atoms with van der Waals surface area (Å²) in [6.07, 6.45) is 7.12. The monoisotopic (exact) mass is 266 g/mol. The van der Waals surface area contributed by atoms with E-state index in [1.807, 2.05) is 0 Å². The maximum absolute atomic E-state index is 14.0. The van der Waals surface area contributed by atoms with Gasteiger partial charge in [0, 0.05) is 18.4 Å². The Morgan fingerprint density at radius 3 is 3.00 bits per heavy atom. The molecule has 106 valence electrons. The van der Waals surface area contributed by atoms with E-state index in [1.165, 1.54) is 6.20 Å². The molecule has 0 saturated carbocycles. The van der Waals surface area contributed by atoms with Crippen LogP contribution in [0, 0.1) is 5.82 Å². The maximum Gasteiger partial charge on any atom is 0.146 e. The van der Waals surface area contributed by atoms with Crippen LogP contribution in [-0.4, -0.2) is 23.7 Å². The van der Waals surface area contributed by atoms with Crippen molar-refractivity contribution in [2.24, 2.45) is 0 Å². The van der Waals surface area contributed by atoms with E-state index in [9.17, 15) is 4.39 Å². The molecule has 1 fully saturated rings. The molecule has 0 radical (unpaired) electrons. The van der Waals surface area contributed by atoms with E-state index in [-0.39, 0.29) is 17.5 Å². The Bertz CT molecular complexity index is 405. The Labute approximate surface area is 114 Å². The minimum atomic E-state index is -0.338. The Balaban J connectivity index is 2.27. The van der Waals surface area contributed by atoms with Gasteiger partial charge in [-0.25, -0.2) is 4.39 Å². The summed E-state index contributed by atoms with van der Waals surface area (Å²) < 4.78 is 20.0. The number of pyridine rings is 1. The topological polar surface area (TPSA) is 34.2 Å². The molecule has 2 heterocycles. The first kappa shape index (κ1) is 14.4. The van der Waals surface area contributed by atoms with Crippen LogP contribution in [0.1, 0.15) is 51.1 Å². The van der Waals surface area contributed by atoms with Gasteiger partial charge in [-0.2, -0.15) is 0 Å². The summed E-state index contributed by atoms with van der Waals surface area (Å²) in [5.74, 6) is -0.258. The first-order valence-electron chi connectivity index (χ1n) is 7.14. The highest BCUT2D eigenvalue weighted by molar-refractivity contribution is 5.21. The highest BCUT2D eigenvalue weighted by Crippen LogP contribution is 2.37. The zero-order valence-corrected chi connectivity index (χ0v) is 11.8. The molecule has 0 aromatic carbocycles. The quantitative estimate of drug-likeness (QED) is 0.888. The average molecular weight is 266 g/mol. The molecular weight excluding hydrogens is 243 g/mol. The molecule has 1 N–H and O–H groups in total. The van der Waals surface area contributed by atoms with Crippen molar-refractivity contribution < 1.29 is 9.13 Å². The molecule has 1 aromatic rings. The van der Waals surface area contributed by atoms with E-state index in [2.05, 4.69) is 24.1 Å². The van der Waals surface area contributed by atoms with Crippen LogP contribution >= 0.6 is 0 Å². The second-order valence-electron chi connectivity index (χ2n) is 5.40. The lowest BCUT2D eigenvalue weighted by molar-refractivity contribution is -0.0903. The van der Waals surface area contributed by atoms with Crippen LogP contribution in [0.5, 0.6) is 0 Å². The predicted octanol–water partition coefficient (Wildman–Crippen LogP) is 3.22. The summed E-state index contributed by atoms with van der Waals surface area (Å²) in [4.78, 5) is 3.83. The zero-order valence-electron chi connectivity index (χ0n) is 11.8. The highest BCUT2D eigenvalue weighted by atomic mass is 19.1. The summed E-state index contributed by atoms with van der Waals surface area (Å²) in [7, 11) is 0. The zero-order chi connectivity index (χ0) is 13.7. The van der Waals surface area contributed by atoms with E-state index in [4.69, 9.17) is 4.74 Å². The second kappa shape index (κ2) is 6.44. The van der Waals surface area contributed by atoms with Crippen molar-refractivity contribution in [3.05, 3.63) is 29.8 Å². The van der Waals surface area contributed by atoms with E-state index >= 15 is 0 Å². The van der Waals surface area contributed by atoms with Crippen LogP contribution < -0.4 is 5.32 Å². The van der Waals surface area contributed by atoms with Gasteiger partial charge in [0.25, 0.3) is 0 Å². The standard InChI is InChI=1S/C15H23FN2O/c1-3-8-18-14(12-6-9-17-11-13(12)16)15(2)7-4-5-10-19-15/h6,9,11,14,18H,3-5,7-8,10H2,1-2H3. The van der Waals surface area contributed by atoms with Crippen LogP contribution in [0.25, 0.3) is 0 Å². The number of hydrogen-bond acceptors (Lipinski definition) is 3. The Morgan fingerprint density at radius 2 is 2.37 bits per heavy atom. The summed E-state index contributed by atoms with van der Waals surface area (Å²) in [5.41, 5.74) is 0.322. The van der Waals surface area contributed by atoms with E-state index in [1.54, 1.807) is 12.3 Å². The van der Waals surface area contributed by atoms with Gasteiger partial charge in [0.15, 0.2) is 0 Å². The molecule has 3 nitrogen and oxygen atoms in total. The van der Waals surface area contributed by atoms with E-state index < -0.39 is 0 Å². The van der Waals surface area contributed by atoms with Gasteiger partial charge in [-0.1, -0.05) is 6.92 Å². The molecule has 19 heavy (non-hydrogen) atoms. The largest absolute Gasteiger partial charge is 0.373 e. The van der Waals surface area contributed by atoms with Gasteiger partial charge in [-0.3, -0.25) is 4.98 Å². The number of rotatable bonds is 5. The fraction of sp³-hybridized carbons (Fsp3) is 0.667. The lowest BCUT2D eigenvalue weighted by Crippen LogP contribution is -2.46. The lowest BCUT2D eigenvalue weighted by atomic mass is 9.84. The van der Waals surface area contributed by atoms with Crippen molar-refractivity contribution in [2.45, 2.75) is 51.2 Å². The van der Waals surface area contributed by atoms with Crippen molar-refractivity contribution in [3.63, 3.8) is 0 Å². The van der Waals surface area contributed by atoms with Gasteiger partial charge in [-0.15, -0.1) is 0 Å². The smallest absolute Gasteiger partial charge is 0.146 e. The van der Waals surface area contributed by atoms with Gasteiger partial charge in [-0.05, 0) is 45.2 Å². The van der Waals surface area contributed by atoms with Crippen molar-refractivity contribution in [3.8, 4) is 0 Å². The Morgan fingerprint density at radius 1 is 1.53 bits per heavy atom. The molecule has 2 unspecified atom stereocenters. The summed E-state index contributed by atoms with van der Waals surface area (Å²) in [5, 5.41) is 3.44. The normalized spacial score (nSPS) is 25.2. The molecule has 0 aliphatic carbocycles. The number of halogens is 1. The molecule has 1 aliphatic heterocycles. The Hall–Kier alpha value is -1.00. The van der Waals surface area contributed by atoms with Crippen molar-refractivity contribution >= 4 is 0 Å². The average Bonchev–Trinajstić information content (AvgIpc) is 2.42. The van der Waals surface area contributed by atoms with Crippen molar-refractivity contribution in [1.82, 2.24) is 10.3 Å². The molecule has 1 aromatic heterocycles. The number of nitrogens with one attached hydrogen (secondary N) is 1. The SMILES string of the molecule is CCCNC(c1ccncc1F)C1(C)CCCCO1. The fourth-order valence-electron chi connectivity index (χ4n) is 2.75. The number of nitrogens with zero attached hydrogens (tertiary/aromatic N) is 1. The minimum absolute atomic E-state index is 0.115. The van der Waals surface area contributed by atoms with Crippen molar-refractivity contribution in [1.29, 1.82) is 0 Å². The van der Waals surface area contributed by atoms with Gasteiger partial charge < -0.3 is 10.1 Å². The van der Waals surface area contributed by atoms with Crippen LogP contribution in [0.3, 0.4) is 0 Å². The van der Waals surface area contributed by atoms with Gasteiger partial charge in [0.2, 0.25) is 0 Å². The molecule has 1 saturated heterocycles. The van der Waals surface area contributed by atoms with Crippen LogP contribution in [-0.2, 0) is 4.74 Å². The number of aromatic nitrogens is 1. The lowest BCUT2D eigenvalue weighted by Gasteiger charge is -2.41. The van der Waals surface area contributed by atoms with Gasteiger partial charge in [0.1, 0.15) is 5.82 Å². The summed E-state index contributed by atoms with van der Waals surface area (Å²) in [6, 6.07) is 1.64. The molecule has 0 amide bonds. The fourth-order valence-corrected chi connectivity index (χ4v) is 2.75. The van der Waals surface area contributed by atoms with Crippen LogP contribution in [0.2, 0.25) is 0 Å². The van der Waals surface area contributed by atoms with E-state index in [0.717, 1.165) is 38.8 Å².